The maximum Gasteiger partial charge on any atom is 0.309 e. The first-order valence-electron chi connectivity index (χ1n) is 6.28. The molecule has 2 unspecified atom stereocenters. The van der Waals surface area contributed by atoms with Crippen LogP contribution in [-0.2, 0) is 16.0 Å². The summed E-state index contributed by atoms with van der Waals surface area (Å²) >= 11 is 1.54. The number of rotatable bonds is 3. The van der Waals surface area contributed by atoms with Gasteiger partial charge in [-0.1, -0.05) is 0 Å². The Kier molecular flexibility index (Phi) is 3.22. The van der Waals surface area contributed by atoms with E-state index < -0.39 is 5.97 Å². The smallest absolute Gasteiger partial charge is 0.309 e. The van der Waals surface area contributed by atoms with Crippen LogP contribution in [0.5, 0.6) is 0 Å². The van der Waals surface area contributed by atoms with Crippen molar-refractivity contribution in [3.8, 4) is 0 Å². The molecule has 1 aromatic rings. The zero-order chi connectivity index (χ0) is 12.5. The molecule has 0 amide bonds. The fourth-order valence-corrected chi connectivity index (χ4v) is 3.74. The molecular weight excluding hydrogens is 252 g/mol. The fraction of sp³-hybridized carbons (Fsp3) is 0.667. The molecule has 3 rings (SSSR count). The van der Waals surface area contributed by atoms with Gasteiger partial charge in [0.15, 0.2) is 5.13 Å². The van der Waals surface area contributed by atoms with Crippen molar-refractivity contribution in [1.82, 2.24) is 4.98 Å². The summed E-state index contributed by atoms with van der Waals surface area (Å²) < 4.78 is 5.77. The summed E-state index contributed by atoms with van der Waals surface area (Å²) in [5, 5.41) is 11.6. The molecule has 0 bridgehead atoms. The van der Waals surface area contributed by atoms with Crippen molar-refractivity contribution in [3.63, 3.8) is 0 Å². The van der Waals surface area contributed by atoms with E-state index in [1.165, 1.54) is 6.42 Å². The first kappa shape index (κ1) is 11.9. The van der Waals surface area contributed by atoms with Crippen LogP contribution < -0.4 is 4.90 Å². The van der Waals surface area contributed by atoms with Gasteiger partial charge in [0.2, 0.25) is 0 Å². The van der Waals surface area contributed by atoms with Crippen LogP contribution in [0, 0.1) is 0 Å². The van der Waals surface area contributed by atoms with Gasteiger partial charge in [0.1, 0.15) is 0 Å². The highest BCUT2D eigenvalue weighted by Crippen LogP contribution is 2.34. The van der Waals surface area contributed by atoms with Gasteiger partial charge in [0.25, 0.3) is 0 Å². The van der Waals surface area contributed by atoms with Gasteiger partial charge < -0.3 is 14.7 Å². The molecule has 18 heavy (non-hydrogen) atoms. The van der Waals surface area contributed by atoms with Crippen molar-refractivity contribution >= 4 is 22.4 Å². The first-order valence-corrected chi connectivity index (χ1v) is 7.16. The molecule has 2 aliphatic rings. The number of fused-ring (bicyclic) bond motifs is 1. The van der Waals surface area contributed by atoms with E-state index in [1.54, 1.807) is 11.3 Å². The van der Waals surface area contributed by atoms with Crippen LogP contribution >= 0.6 is 11.3 Å². The number of ether oxygens (including phenoxy) is 1. The first-order chi connectivity index (χ1) is 8.74. The minimum atomic E-state index is -0.826. The van der Waals surface area contributed by atoms with Crippen molar-refractivity contribution in [2.45, 2.75) is 37.8 Å². The van der Waals surface area contributed by atoms with Crippen LogP contribution in [0.3, 0.4) is 0 Å². The van der Waals surface area contributed by atoms with Crippen LogP contribution in [-0.4, -0.2) is 41.4 Å². The number of hydrogen-bond acceptors (Lipinski definition) is 5. The topological polar surface area (TPSA) is 62.7 Å². The second kappa shape index (κ2) is 4.85. The van der Waals surface area contributed by atoms with Gasteiger partial charge in [0, 0.05) is 11.9 Å². The van der Waals surface area contributed by atoms with E-state index in [0.29, 0.717) is 17.8 Å². The monoisotopic (exact) mass is 268 g/mol. The molecule has 0 spiro atoms. The molecule has 6 heteroatoms. The standard InChI is InChI=1S/C12H16N2O3S/c15-11(16)6-8-7-18-12(13-8)14-4-5-17-10-3-1-2-9(10)14/h7,9-10H,1-6H2,(H,15,16). The molecule has 98 valence electrons. The number of carboxylic acids is 1. The number of morpholine rings is 1. The highest BCUT2D eigenvalue weighted by atomic mass is 32.1. The summed E-state index contributed by atoms with van der Waals surface area (Å²) in [6.07, 6.45) is 3.84. The summed E-state index contributed by atoms with van der Waals surface area (Å²) in [7, 11) is 0. The Hall–Kier alpha value is -1.14. The fourth-order valence-electron chi connectivity index (χ4n) is 2.83. The van der Waals surface area contributed by atoms with Crippen molar-refractivity contribution < 1.29 is 14.6 Å². The molecule has 1 aromatic heterocycles. The summed E-state index contributed by atoms with van der Waals surface area (Å²) in [4.78, 5) is 17.4. The Morgan fingerprint density at radius 3 is 3.33 bits per heavy atom. The molecular formula is C12H16N2O3S. The summed E-state index contributed by atoms with van der Waals surface area (Å²) in [5.74, 6) is -0.826. The lowest BCUT2D eigenvalue weighted by Gasteiger charge is -2.37. The van der Waals surface area contributed by atoms with Crippen molar-refractivity contribution in [2.75, 3.05) is 18.1 Å². The SMILES string of the molecule is O=C(O)Cc1csc(N2CCOC3CCCC32)n1. The lowest BCUT2D eigenvalue weighted by Crippen LogP contribution is -2.48. The van der Waals surface area contributed by atoms with E-state index in [-0.39, 0.29) is 6.42 Å². The summed E-state index contributed by atoms with van der Waals surface area (Å²) in [5.41, 5.74) is 0.656. The zero-order valence-corrected chi connectivity index (χ0v) is 10.9. The average molecular weight is 268 g/mol. The van der Waals surface area contributed by atoms with E-state index in [1.807, 2.05) is 5.38 Å². The number of carbonyl (C=O) groups is 1. The number of nitrogens with zero attached hydrogens (tertiary/aromatic N) is 2. The zero-order valence-electron chi connectivity index (χ0n) is 10.0. The Bertz CT molecular complexity index is 448. The minimum Gasteiger partial charge on any atom is -0.481 e. The van der Waals surface area contributed by atoms with Gasteiger partial charge >= 0.3 is 5.97 Å². The Morgan fingerprint density at radius 1 is 1.61 bits per heavy atom. The third-order valence-electron chi connectivity index (χ3n) is 3.60. The predicted molar refractivity (Wildman–Crippen MR) is 68.2 cm³/mol. The van der Waals surface area contributed by atoms with Gasteiger partial charge in [-0.3, -0.25) is 4.79 Å². The third-order valence-corrected chi connectivity index (χ3v) is 4.53. The van der Waals surface area contributed by atoms with Gasteiger partial charge in [0.05, 0.1) is 30.9 Å². The molecule has 2 fully saturated rings. The lowest BCUT2D eigenvalue weighted by molar-refractivity contribution is -0.136. The van der Waals surface area contributed by atoms with Gasteiger partial charge in [-0.15, -0.1) is 11.3 Å². The Balaban J connectivity index is 1.76. The number of aliphatic carboxylic acids is 1. The van der Waals surface area contributed by atoms with Crippen molar-refractivity contribution in [1.29, 1.82) is 0 Å². The molecule has 1 aliphatic carbocycles. The van der Waals surface area contributed by atoms with E-state index in [0.717, 1.165) is 31.1 Å². The number of hydrogen-bond donors (Lipinski definition) is 1. The second-order valence-corrected chi connectivity index (χ2v) is 5.63. The molecule has 2 atom stereocenters. The Morgan fingerprint density at radius 2 is 2.50 bits per heavy atom. The van der Waals surface area contributed by atoms with Crippen LogP contribution in [0.4, 0.5) is 5.13 Å². The maximum absolute atomic E-state index is 10.7. The quantitative estimate of drug-likeness (QED) is 0.900. The molecule has 0 radical (unpaired) electrons. The van der Waals surface area contributed by atoms with Gasteiger partial charge in [-0.2, -0.15) is 0 Å². The van der Waals surface area contributed by atoms with E-state index in [4.69, 9.17) is 9.84 Å². The number of thiazole rings is 1. The molecule has 1 aliphatic heterocycles. The van der Waals surface area contributed by atoms with Gasteiger partial charge in [-0.05, 0) is 19.3 Å². The van der Waals surface area contributed by atoms with Crippen LogP contribution in [0.1, 0.15) is 25.0 Å². The molecule has 1 saturated heterocycles. The molecule has 0 aromatic carbocycles. The maximum atomic E-state index is 10.7. The van der Waals surface area contributed by atoms with Crippen molar-refractivity contribution in [2.24, 2.45) is 0 Å². The predicted octanol–water partition coefficient (Wildman–Crippen LogP) is 1.53. The van der Waals surface area contributed by atoms with Crippen LogP contribution in [0.25, 0.3) is 0 Å². The molecule has 5 nitrogen and oxygen atoms in total. The van der Waals surface area contributed by atoms with E-state index in [9.17, 15) is 4.79 Å². The number of aromatic nitrogens is 1. The molecule has 2 heterocycles. The number of anilines is 1. The van der Waals surface area contributed by atoms with E-state index >= 15 is 0 Å². The third kappa shape index (κ3) is 2.22. The average Bonchev–Trinajstić information content (AvgIpc) is 2.95. The number of carboxylic acid groups (broad SMARTS) is 1. The largest absolute Gasteiger partial charge is 0.481 e. The van der Waals surface area contributed by atoms with Crippen molar-refractivity contribution in [3.05, 3.63) is 11.1 Å². The Labute approximate surface area is 109 Å². The van der Waals surface area contributed by atoms with Crippen LogP contribution in [0.2, 0.25) is 0 Å². The van der Waals surface area contributed by atoms with E-state index in [2.05, 4.69) is 9.88 Å². The van der Waals surface area contributed by atoms with Crippen LogP contribution in [0.15, 0.2) is 5.38 Å². The normalized spacial score (nSPS) is 27.2. The lowest BCUT2D eigenvalue weighted by atomic mass is 10.1. The summed E-state index contributed by atoms with van der Waals surface area (Å²) in [6, 6.07) is 0.433. The molecule has 1 N–H and O–H groups in total. The highest BCUT2D eigenvalue weighted by Gasteiger charge is 2.37. The molecule has 1 saturated carbocycles. The second-order valence-electron chi connectivity index (χ2n) is 4.79. The highest BCUT2D eigenvalue weighted by molar-refractivity contribution is 7.13. The minimum absolute atomic E-state index is 0.00886. The summed E-state index contributed by atoms with van der Waals surface area (Å²) in [6.45, 7) is 1.61. The van der Waals surface area contributed by atoms with Gasteiger partial charge in [-0.25, -0.2) is 4.98 Å².